The van der Waals surface area contributed by atoms with Crippen molar-refractivity contribution >= 4 is 22.7 Å². The second-order valence-corrected chi connectivity index (χ2v) is 5.17. The van der Waals surface area contributed by atoms with E-state index in [0.717, 1.165) is 0 Å². The number of nitrogen functional groups attached to an aromatic ring is 1. The number of hydrogen-bond acceptors (Lipinski definition) is 9. The monoisotopic (exact) mass is 323 g/mol. The average molecular weight is 323 g/mol. The Hall–Kier alpha value is -2.27. The molecule has 10 nitrogen and oxygen atoms in total. The van der Waals surface area contributed by atoms with Gasteiger partial charge < -0.3 is 35.1 Å². The largest absolute Gasteiger partial charge is 0.481 e. The van der Waals surface area contributed by atoms with Gasteiger partial charge in [0.2, 0.25) is 5.90 Å². The van der Waals surface area contributed by atoms with Gasteiger partial charge in [-0.05, 0) is 0 Å². The maximum absolute atomic E-state index is 10.2. The minimum atomic E-state index is -1.27. The summed E-state index contributed by atoms with van der Waals surface area (Å²) < 4.78 is 11.9. The fourth-order valence-corrected chi connectivity index (χ4v) is 2.69. The zero-order valence-electron chi connectivity index (χ0n) is 12.2. The summed E-state index contributed by atoms with van der Waals surface area (Å²) >= 11 is 0. The maximum Gasteiger partial charge on any atom is 0.215 e. The molecule has 1 aliphatic heterocycles. The summed E-state index contributed by atoms with van der Waals surface area (Å²) in [6.45, 7) is -0.439. The van der Waals surface area contributed by atoms with E-state index in [1.54, 1.807) is 0 Å². The number of aliphatic hydroxyl groups excluding tert-OH is 3. The molecule has 1 aliphatic rings. The Bertz CT molecular complexity index is 748. The van der Waals surface area contributed by atoms with Gasteiger partial charge in [0, 0.05) is 6.20 Å². The molecule has 2 unspecified atom stereocenters. The van der Waals surface area contributed by atoms with Crippen molar-refractivity contribution in [3.05, 3.63) is 18.1 Å². The van der Waals surface area contributed by atoms with E-state index >= 15 is 0 Å². The average Bonchev–Trinajstić information content (AvgIpc) is 3.07. The standard InChI is InChI=1S/C13H17N5O5/c1-22-11(15)5-2-18(12-7(5)10(14)16-4-17-12)13-9(21)8(20)6(3-19)23-13/h2,4,6,8-9,13,15,19-21H,3H2,1H3,(H2,14,16,17)/t6-,8?,9?,13-/m0/s1. The Morgan fingerprint density at radius 3 is 2.78 bits per heavy atom. The molecule has 0 spiro atoms. The van der Waals surface area contributed by atoms with Gasteiger partial charge in [0.25, 0.3) is 0 Å². The number of nitrogens with two attached hydrogens (primary N) is 1. The van der Waals surface area contributed by atoms with Crippen molar-refractivity contribution in [3.8, 4) is 0 Å². The molecular formula is C13H17N5O5. The highest BCUT2D eigenvalue weighted by Crippen LogP contribution is 2.34. The van der Waals surface area contributed by atoms with Gasteiger partial charge in [-0.1, -0.05) is 0 Å². The molecule has 3 heterocycles. The second kappa shape index (κ2) is 5.74. The molecule has 0 bridgehead atoms. The van der Waals surface area contributed by atoms with Crippen LogP contribution in [0.4, 0.5) is 5.82 Å². The van der Waals surface area contributed by atoms with E-state index in [-0.39, 0.29) is 11.7 Å². The highest BCUT2D eigenvalue weighted by molar-refractivity contribution is 6.08. The summed E-state index contributed by atoms with van der Waals surface area (Å²) in [5, 5.41) is 37.5. The molecule has 2 aromatic rings. The molecule has 3 rings (SSSR count). The van der Waals surface area contributed by atoms with Crippen molar-refractivity contribution in [2.75, 3.05) is 19.5 Å². The maximum atomic E-state index is 10.2. The molecule has 124 valence electrons. The lowest BCUT2D eigenvalue weighted by Gasteiger charge is -2.17. The quantitative estimate of drug-likeness (QED) is 0.340. The first-order chi connectivity index (χ1) is 11.0. The zero-order valence-corrected chi connectivity index (χ0v) is 12.2. The first kappa shape index (κ1) is 15.6. The first-order valence-electron chi connectivity index (χ1n) is 6.86. The predicted octanol–water partition coefficient (Wildman–Crippen LogP) is -1.40. The Labute approximate surface area is 130 Å². The van der Waals surface area contributed by atoms with Crippen molar-refractivity contribution in [2.45, 2.75) is 24.5 Å². The van der Waals surface area contributed by atoms with E-state index in [9.17, 15) is 15.3 Å². The molecule has 0 amide bonds. The zero-order chi connectivity index (χ0) is 16.7. The Balaban J connectivity index is 2.16. The number of aliphatic hydroxyl groups is 3. The van der Waals surface area contributed by atoms with Gasteiger partial charge in [0.05, 0.1) is 24.7 Å². The van der Waals surface area contributed by atoms with Crippen LogP contribution in [0, 0.1) is 5.41 Å². The summed E-state index contributed by atoms with van der Waals surface area (Å²) in [4.78, 5) is 8.02. The van der Waals surface area contributed by atoms with E-state index < -0.39 is 31.1 Å². The molecule has 10 heteroatoms. The van der Waals surface area contributed by atoms with Crippen molar-refractivity contribution < 1.29 is 24.8 Å². The third kappa shape index (κ3) is 2.32. The summed E-state index contributed by atoms with van der Waals surface area (Å²) in [7, 11) is 1.35. The summed E-state index contributed by atoms with van der Waals surface area (Å²) in [6.07, 6.45) is -1.69. The van der Waals surface area contributed by atoms with Crippen LogP contribution in [0.5, 0.6) is 0 Å². The fourth-order valence-electron chi connectivity index (χ4n) is 2.69. The molecule has 1 saturated heterocycles. The minimum absolute atomic E-state index is 0.150. The molecular weight excluding hydrogens is 306 g/mol. The van der Waals surface area contributed by atoms with Gasteiger partial charge >= 0.3 is 0 Å². The van der Waals surface area contributed by atoms with Crippen LogP contribution in [0.1, 0.15) is 11.8 Å². The molecule has 4 atom stereocenters. The van der Waals surface area contributed by atoms with Crippen LogP contribution in [0.2, 0.25) is 0 Å². The van der Waals surface area contributed by atoms with Gasteiger partial charge in [0.15, 0.2) is 6.23 Å². The highest BCUT2D eigenvalue weighted by atomic mass is 16.6. The van der Waals surface area contributed by atoms with Crippen molar-refractivity contribution in [1.29, 1.82) is 5.41 Å². The molecule has 0 radical (unpaired) electrons. The molecule has 6 N–H and O–H groups in total. The van der Waals surface area contributed by atoms with Crippen LogP contribution in [-0.4, -0.2) is 67.8 Å². The van der Waals surface area contributed by atoms with Crippen LogP contribution in [0.15, 0.2) is 12.5 Å². The van der Waals surface area contributed by atoms with Gasteiger partial charge in [-0.15, -0.1) is 0 Å². The van der Waals surface area contributed by atoms with E-state index in [0.29, 0.717) is 16.6 Å². The molecule has 0 saturated carbocycles. The Morgan fingerprint density at radius 2 is 2.17 bits per heavy atom. The van der Waals surface area contributed by atoms with E-state index in [4.69, 9.17) is 20.6 Å². The van der Waals surface area contributed by atoms with Crippen LogP contribution in [0.3, 0.4) is 0 Å². The normalized spacial score (nSPS) is 27.5. The number of rotatable bonds is 3. The van der Waals surface area contributed by atoms with Crippen LogP contribution in [0.25, 0.3) is 11.0 Å². The smallest absolute Gasteiger partial charge is 0.215 e. The molecule has 23 heavy (non-hydrogen) atoms. The van der Waals surface area contributed by atoms with Gasteiger partial charge in [-0.3, -0.25) is 5.41 Å². The molecule has 1 fully saturated rings. The number of ether oxygens (including phenoxy) is 2. The van der Waals surface area contributed by atoms with Gasteiger partial charge in [-0.25, -0.2) is 9.97 Å². The molecule has 0 aliphatic carbocycles. The number of methoxy groups -OCH3 is 1. The topological polar surface area (TPSA) is 160 Å². The number of anilines is 1. The molecule has 2 aromatic heterocycles. The van der Waals surface area contributed by atoms with E-state index in [2.05, 4.69) is 9.97 Å². The van der Waals surface area contributed by atoms with Gasteiger partial charge in [-0.2, -0.15) is 0 Å². The van der Waals surface area contributed by atoms with E-state index in [1.165, 1.54) is 24.2 Å². The third-order valence-electron chi connectivity index (χ3n) is 3.88. The number of nitrogens with zero attached hydrogens (tertiary/aromatic N) is 3. The number of aromatic nitrogens is 3. The van der Waals surface area contributed by atoms with Crippen molar-refractivity contribution in [3.63, 3.8) is 0 Å². The number of fused-ring (bicyclic) bond motifs is 1. The minimum Gasteiger partial charge on any atom is -0.481 e. The Morgan fingerprint density at radius 1 is 1.43 bits per heavy atom. The third-order valence-corrected chi connectivity index (χ3v) is 3.88. The lowest BCUT2D eigenvalue weighted by molar-refractivity contribution is -0.0508. The number of nitrogens with one attached hydrogen (secondary N) is 1. The van der Waals surface area contributed by atoms with Crippen molar-refractivity contribution in [1.82, 2.24) is 14.5 Å². The summed E-state index contributed by atoms with van der Waals surface area (Å²) in [6, 6.07) is 0. The predicted molar refractivity (Wildman–Crippen MR) is 78.8 cm³/mol. The summed E-state index contributed by atoms with van der Waals surface area (Å²) in [5.41, 5.74) is 6.52. The first-order valence-corrected chi connectivity index (χ1v) is 6.86. The second-order valence-electron chi connectivity index (χ2n) is 5.17. The summed E-state index contributed by atoms with van der Waals surface area (Å²) in [5.74, 6) is -0.000660. The lowest BCUT2D eigenvalue weighted by atomic mass is 10.1. The van der Waals surface area contributed by atoms with Crippen LogP contribution < -0.4 is 5.73 Å². The van der Waals surface area contributed by atoms with Crippen LogP contribution in [-0.2, 0) is 9.47 Å². The molecule has 0 aromatic carbocycles. The highest BCUT2D eigenvalue weighted by Gasteiger charge is 2.44. The number of hydrogen-bond donors (Lipinski definition) is 5. The Kier molecular flexibility index (Phi) is 3.90. The van der Waals surface area contributed by atoms with E-state index in [1.807, 2.05) is 0 Å². The van der Waals surface area contributed by atoms with Gasteiger partial charge in [0.1, 0.15) is 36.1 Å². The SMILES string of the molecule is COC(=N)c1cn([C@H]2O[C@@H](CO)C(O)C2O)c2ncnc(N)c12. The lowest BCUT2D eigenvalue weighted by Crippen LogP contribution is -2.33. The van der Waals surface area contributed by atoms with Crippen molar-refractivity contribution in [2.24, 2.45) is 0 Å². The fraction of sp³-hybridized carbons (Fsp3) is 0.462. The van der Waals surface area contributed by atoms with Crippen LogP contribution >= 0.6 is 0 Å².